The molecule has 1 saturated carbocycles. The van der Waals surface area contributed by atoms with Crippen LogP contribution >= 0.6 is 0 Å². The molecular formula is C30H42N4O4. The molecule has 3 amide bonds. The molecule has 0 aromatic heterocycles. The highest BCUT2D eigenvalue weighted by Gasteiger charge is 2.34. The van der Waals surface area contributed by atoms with Gasteiger partial charge in [-0.3, -0.25) is 9.69 Å². The molecular weight excluding hydrogens is 480 g/mol. The zero-order valence-corrected chi connectivity index (χ0v) is 22.9. The highest BCUT2D eigenvalue weighted by Crippen LogP contribution is 2.35. The maximum absolute atomic E-state index is 13.7. The molecule has 8 heteroatoms. The van der Waals surface area contributed by atoms with E-state index in [1.807, 2.05) is 25.1 Å². The number of hydrogen-bond acceptors (Lipinski definition) is 5. The lowest BCUT2D eigenvalue weighted by Gasteiger charge is -2.38. The largest absolute Gasteiger partial charge is 0.486 e. The minimum Gasteiger partial charge on any atom is -0.486 e. The number of nitrogens with one attached hydrogen (secondary N) is 2. The van der Waals surface area contributed by atoms with Gasteiger partial charge in [-0.2, -0.15) is 0 Å². The van der Waals surface area contributed by atoms with Gasteiger partial charge in [-0.05, 0) is 44.5 Å². The van der Waals surface area contributed by atoms with Gasteiger partial charge >= 0.3 is 6.03 Å². The number of benzene rings is 2. The molecule has 4 rings (SSSR count). The highest BCUT2D eigenvalue weighted by atomic mass is 16.5. The van der Waals surface area contributed by atoms with Gasteiger partial charge in [0.2, 0.25) is 0 Å². The van der Waals surface area contributed by atoms with Crippen LogP contribution in [-0.4, -0.2) is 71.8 Å². The molecule has 0 spiro atoms. The Balaban J connectivity index is 1.60. The third-order valence-electron chi connectivity index (χ3n) is 7.67. The lowest BCUT2D eigenvalue weighted by molar-refractivity contribution is 0.0343. The van der Waals surface area contributed by atoms with Crippen LogP contribution in [-0.2, 0) is 6.54 Å². The summed E-state index contributed by atoms with van der Waals surface area (Å²) in [6.07, 6.45) is 5.18. The van der Waals surface area contributed by atoms with Crippen molar-refractivity contribution >= 4 is 17.6 Å². The Hall–Kier alpha value is -3.10. The molecule has 1 aliphatic heterocycles. The monoisotopic (exact) mass is 522 g/mol. The molecule has 0 unspecified atom stereocenters. The topological polar surface area (TPSA) is 94.1 Å². The van der Waals surface area contributed by atoms with E-state index < -0.39 is 0 Å². The van der Waals surface area contributed by atoms with Crippen molar-refractivity contribution < 1.29 is 19.4 Å². The molecule has 2 aromatic carbocycles. The maximum atomic E-state index is 13.7. The first kappa shape index (κ1) is 27.9. The summed E-state index contributed by atoms with van der Waals surface area (Å²) >= 11 is 0. The van der Waals surface area contributed by atoms with E-state index in [1.54, 1.807) is 23.1 Å². The fourth-order valence-corrected chi connectivity index (χ4v) is 5.42. The third kappa shape index (κ3) is 7.05. The van der Waals surface area contributed by atoms with Gasteiger partial charge in [-0.25, -0.2) is 4.79 Å². The van der Waals surface area contributed by atoms with Crippen molar-refractivity contribution in [2.75, 3.05) is 32.1 Å². The van der Waals surface area contributed by atoms with Crippen LogP contribution in [0.1, 0.15) is 61.9 Å². The average Bonchev–Trinajstić information content (AvgIpc) is 2.91. The summed E-state index contributed by atoms with van der Waals surface area (Å²) in [5.74, 6) is 0.167. The van der Waals surface area contributed by atoms with E-state index in [4.69, 9.17) is 4.74 Å². The van der Waals surface area contributed by atoms with Crippen molar-refractivity contribution in [1.82, 2.24) is 15.1 Å². The van der Waals surface area contributed by atoms with Crippen molar-refractivity contribution in [3.63, 3.8) is 0 Å². The number of anilines is 1. The van der Waals surface area contributed by atoms with Gasteiger partial charge in [0.1, 0.15) is 6.10 Å². The number of aliphatic hydroxyl groups excluding tert-OH is 1. The van der Waals surface area contributed by atoms with Gasteiger partial charge < -0.3 is 25.4 Å². The zero-order valence-electron chi connectivity index (χ0n) is 22.9. The van der Waals surface area contributed by atoms with Crippen molar-refractivity contribution in [3.05, 3.63) is 59.7 Å². The van der Waals surface area contributed by atoms with Gasteiger partial charge in [0.05, 0.1) is 23.9 Å². The first-order chi connectivity index (χ1) is 18.4. The number of carbonyl (C=O) groups is 2. The molecule has 0 radical (unpaired) electrons. The Morgan fingerprint density at radius 3 is 2.58 bits per heavy atom. The summed E-state index contributed by atoms with van der Waals surface area (Å²) in [6.45, 7) is 5.65. The fraction of sp³-hybridized carbons (Fsp3) is 0.533. The van der Waals surface area contributed by atoms with Crippen LogP contribution < -0.4 is 15.4 Å². The first-order valence-corrected chi connectivity index (χ1v) is 13.9. The number of likely N-dealkylation sites (N-methyl/N-ethyl adjacent to an activating group) is 1. The molecule has 3 atom stereocenters. The van der Waals surface area contributed by atoms with Gasteiger partial charge in [0.25, 0.3) is 5.91 Å². The van der Waals surface area contributed by atoms with Crippen LogP contribution in [0.25, 0.3) is 0 Å². The van der Waals surface area contributed by atoms with Crippen LogP contribution in [0.5, 0.6) is 5.75 Å². The Bertz CT molecular complexity index is 1070. The first-order valence-electron chi connectivity index (χ1n) is 13.9. The number of rotatable bonds is 8. The number of carbonyl (C=O) groups excluding carboxylic acids is 2. The van der Waals surface area contributed by atoms with E-state index in [0.717, 1.165) is 32.2 Å². The molecule has 0 saturated heterocycles. The smallest absolute Gasteiger partial charge is 0.319 e. The van der Waals surface area contributed by atoms with Gasteiger partial charge in [-0.1, -0.05) is 62.6 Å². The van der Waals surface area contributed by atoms with Gasteiger partial charge in [-0.15, -0.1) is 0 Å². The van der Waals surface area contributed by atoms with Crippen molar-refractivity contribution in [1.29, 1.82) is 0 Å². The number of ether oxygens (including phenoxy) is 1. The normalized spacial score (nSPS) is 21.2. The van der Waals surface area contributed by atoms with E-state index in [2.05, 4.69) is 41.6 Å². The molecule has 0 bridgehead atoms. The standard InChI is InChI=1S/C30H42N4O4/c1-21-17-34(22(2)20-35)29(36)25-15-10-16-26(32-30(37)31-24-13-8-5-9-14-24)28(25)38-27(21)19-33(3)18-23-11-6-4-7-12-23/h4,6-7,10-12,15-16,21-22,24,27,35H,5,8-9,13-14,17-20H2,1-3H3,(H2,31,32,37)/t21-,22+,27-/m1/s1. The average molecular weight is 523 g/mol. The molecule has 3 N–H and O–H groups in total. The van der Waals surface area contributed by atoms with Crippen LogP contribution in [0.15, 0.2) is 48.5 Å². The summed E-state index contributed by atoms with van der Waals surface area (Å²) < 4.78 is 6.62. The summed E-state index contributed by atoms with van der Waals surface area (Å²) in [7, 11) is 2.06. The minimum atomic E-state index is -0.343. The van der Waals surface area contributed by atoms with E-state index in [1.165, 1.54) is 12.0 Å². The van der Waals surface area contributed by atoms with E-state index in [0.29, 0.717) is 30.1 Å². The molecule has 1 aliphatic carbocycles. The van der Waals surface area contributed by atoms with Crippen molar-refractivity contribution in [2.24, 2.45) is 5.92 Å². The highest BCUT2D eigenvalue weighted by molar-refractivity contribution is 6.01. The van der Waals surface area contributed by atoms with Gasteiger partial charge in [0.15, 0.2) is 5.75 Å². The van der Waals surface area contributed by atoms with Crippen molar-refractivity contribution in [3.8, 4) is 5.75 Å². The van der Waals surface area contributed by atoms with Crippen molar-refractivity contribution in [2.45, 2.75) is 70.7 Å². The summed E-state index contributed by atoms with van der Waals surface area (Å²) in [5, 5.41) is 16.0. The predicted molar refractivity (Wildman–Crippen MR) is 149 cm³/mol. The third-order valence-corrected chi connectivity index (χ3v) is 7.67. The Kier molecular flexibility index (Phi) is 9.63. The summed E-state index contributed by atoms with van der Waals surface area (Å²) in [4.78, 5) is 30.5. The molecule has 38 heavy (non-hydrogen) atoms. The Morgan fingerprint density at radius 1 is 1.13 bits per heavy atom. The lowest BCUT2D eigenvalue weighted by atomic mass is 9.96. The number of amides is 3. The molecule has 8 nitrogen and oxygen atoms in total. The number of para-hydroxylation sites is 1. The predicted octanol–water partition coefficient (Wildman–Crippen LogP) is 4.49. The number of urea groups is 1. The number of nitrogens with zero attached hydrogens (tertiary/aromatic N) is 2. The number of aliphatic hydroxyl groups is 1. The number of fused-ring (bicyclic) bond motifs is 1. The Morgan fingerprint density at radius 2 is 1.87 bits per heavy atom. The molecule has 206 valence electrons. The van der Waals surface area contributed by atoms with E-state index in [-0.39, 0.29) is 42.7 Å². The second-order valence-corrected chi connectivity index (χ2v) is 10.9. The summed E-state index contributed by atoms with van der Waals surface area (Å²) in [6, 6.07) is 15.1. The molecule has 2 aliphatic rings. The summed E-state index contributed by atoms with van der Waals surface area (Å²) in [5.41, 5.74) is 2.08. The van der Waals surface area contributed by atoms with E-state index >= 15 is 0 Å². The van der Waals surface area contributed by atoms with Gasteiger partial charge in [0, 0.05) is 31.6 Å². The maximum Gasteiger partial charge on any atom is 0.319 e. The van der Waals surface area contributed by atoms with E-state index in [9.17, 15) is 14.7 Å². The SMILES string of the molecule is C[C@@H]1CN([C@@H](C)CO)C(=O)c2cccc(NC(=O)NC3CCCCC3)c2O[C@@H]1CN(C)Cc1ccccc1. The quantitative estimate of drug-likeness (QED) is 0.475. The molecule has 2 aromatic rings. The fourth-order valence-electron chi connectivity index (χ4n) is 5.42. The number of hydrogen-bond donors (Lipinski definition) is 3. The second-order valence-electron chi connectivity index (χ2n) is 10.9. The van der Waals surface area contributed by atoms with Crippen LogP contribution in [0, 0.1) is 5.92 Å². The Labute approximate surface area is 226 Å². The van der Waals surface area contributed by atoms with Crippen LogP contribution in [0.4, 0.5) is 10.5 Å². The molecule has 1 fully saturated rings. The van der Waals surface area contributed by atoms with Crippen LogP contribution in [0.2, 0.25) is 0 Å². The lowest BCUT2D eigenvalue weighted by Crippen LogP contribution is -2.49. The minimum absolute atomic E-state index is 0.0107. The zero-order chi connectivity index (χ0) is 27.1. The van der Waals surface area contributed by atoms with Crippen LogP contribution in [0.3, 0.4) is 0 Å². The molecule has 1 heterocycles. The second kappa shape index (κ2) is 13.1.